The Labute approximate surface area is 263 Å². The number of rotatable bonds is 10. The number of carbonyl (C=O) groups excluding carboxylic acids is 3. The maximum absolute atomic E-state index is 13.3. The van der Waals surface area contributed by atoms with Crippen LogP contribution in [0.3, 0.4) is 0 Å². The molecule has 45 heavy (non-hydrogen) atoms. The molecule has 0 radical (unpaired) electrons. The topological polar surface area (TPSA) is 90.5 Å². The fourth-order valence-corrected chi connectivity index (χ4v) is 4.99. The Morgan fingerprint density at radius 2 is 1.42 bits per heavy atom. The van der Waals surface area contributed by atoms with Crippen molar-refractivity contribution in [3.8, 4) is 0 Å². The van der Waals surface area contributed by atoms with E-state index >= 15 is 0 Å². The summed E-state index contributed by atoms with van der Waals surface area (Å²) in [6.07, 6.45) is -3.02. The first-order valence-electron chi connectivity index (χ1n) is 13.8. The van der Waals surface area contributed by atoms with E-state index in [1.54, 1.807) is 67.6 Å². The van der Waals surface area contributed by atoms with Gasteiger partial charge < -0.3 is 20.9 Å². The molecule has 0 bridgehead atoms. The molecule has 0 heterocycles. The molecule has 7 nitrogen and oxygen atoms in total. The molecule has 0 aliphatic heterocycles. The highest BCUT2D eigenvalue weighted by Gasteiger charge is 2.34. The monoisotopic (exact) mass is 632 g/mol. The van der Waals surface area contributed by atoms with Gasteiger partial charge in [-0.1, -0.05) is 42.5 Å². The van der Waals surface area contributed by atoms with Gasteiger partial charge >= 0.3 is 6.18 Å². The van der Waals surface area contributed by atoms with Crippen molar-refractivity contribution >= 4 is 52.6 Å². The van der Waals surface area contributed by atoms with Gasteiger partial charge in [0.2, 0.25) is 5.91 Å². The molecule has 11 heteroatoms. The largest absolute Gasteiger partial charge is 0.418 e. The average molecular weight is 633 g/mol. The van der Waals surface area contributed by atoms with Crippen molar-refractivity contribution in [3.05, 3.63) is 126 Å². The van der Waals surface area contributed by atoms with Crippen LogP contribution in [-0.4, -0.2) is 37.1 Å². The first kappa shape index (κ1) is 32.9. The standard InChI is InChI=1S/C34H31F3N4O3S/c1-22(31(42)39-29-12-8-7-11-28(29)34(35,36)37)45-27-19-15-25(16-20-27)38-33(44)30(40-32(43)24-9-5-4-6-10-24)21-23-13-17-26(18-14-23)41(2)3/h4-22H,1-3H3,(H,38,44)(H,39,42)(H,40,43)/b30-21-. The number of alkyl halides is 3. The average Bonchev–Trinajstić information content (AvgIpc) is 3.02. The molecule has 3 N–H and O–H groups in total. The zero-order valence-electron chi connectivity index (χ0n) is 24.7. The van der Waals surface area contributed by atoms with Crippen molar-refractivity contribution < 1.29 is 27.6 Å². The Balaban J connectivity index is 1.45. The van der Waals surface area contributed by atoms with E-state index in [-0.39, 0.29) is 11.4 Å². The molecule has 1 atom stereocenters. The van der Waals surface area contributed by atoms with E-state index in [0.29, 0.717) is 21.7 Å². The van der Waals surface area contributed by atoms with Crippen LogP contribution in [0.5, 0.6) is 0 Å². The number of nitrogens with zero attached hydrogens (tertiary/aromatic N) is 1. The van der Waals surface area contributed by atoms with E-state index in [1.165, 1.54) is 18.2 Å². The molecule has 1 unspecified atom stereocenters. The van der Waals surface area contributed by atoms with Crippen LogP contribution in [0, 0.1) is 0 Å². The Kier molecular flexibility index (Phi) is 10.7. The lowest BCUT2D eigenvalue weighted by atomic mass is 10.1. The molecule has 3 amide bonds. The number of hydrogen-bond acceptors (Lipinski definition) is 5. The van der Waals surface area contributed by atoms with Crippen molar-refractivity contribution in [1.29, 1.82) is 0 Å². The van der Waals surface area contributed by atoms with Gasteiger partial charge in [-0.05, 0) is 79.2 Å². The quantitative estimate of drug-likeness (QED) is 0.126. The second-order valence-corrected chi connectivity index (χ2v) is 11.5. The molecule has 4 rings (SSSR count). The number of para-hydroxylation sites is 1. The van der Waals surface area contributed by atoms with Gasteiger partial charge in [-0.2, -0.15) is 13.2 Å². The normalized spacial score (nSPS) is 12.2. The predicted molar refractivity (Wildman–Crippen MR) is 173 cm³/mol. The van der Waals surface area contributed by atoms with E-state index in [1.807, 2.05) is 43.3 Å². The van der Waals surface area contributed by atoms with Gasteiger partial charge in [0.15, 0.2) is 0 Å². The summed E-state index contributed by atoms with van der Waals surface area (Å²) in [6, 6.07) is 27.4. The zero-order chi connectivity index (χ0) is 32.6. The van der Waals surface area contributed by atoms with Crippen molar-refractivity contribution in [3.63, 3.8) is 0 Å². The molecule has 0 saturated heterocycles. The highest BCUT2D eigenvalue weighted by molar-refractivity contribution is 8.00. The first-order valence-corrected chi connectivity index (χ1v) is 14.7. The number of anilines is 3. The van der Waals surface area contributed by atoms with Crippen LogP contribution in [0.1, 0.15) is 28.4 Å². The number of amides is 3. The van der Waals surface area contributed by atoms with Crippen LogP contribution in [0.15, 0.2) is 114 Å². The van der Waals surface area contributed by atoms with E-state index < -0.39 is 34.7 Å². The summed E-state index contributed by atoms with van der Waals surface area (Å²) in [4.78, 5) is 41.5. The maximum Gasteiger partial charge on any atom is 0.418 e. The second-order valence-electron chi connectivity index (χ2n) is 10.1. The Bertz CT molecular complexity index is 1670. The molecule has 4 aromatic carbocycles. The van der Waals surface area contributed by atoms with Gasteiger partial charge in [-0.15, -0.1) is 11.8 Å². The molecular formula is C34H31F3N4O3S. The lowest BCUT2D eigenvalue weighted by molar-refractivity contribution is -0.137. The minimum atomic E-state index is -4.60. The highest BCUT2D eigenvalue weighted by Crippen LogP contribution is 2.35. The van der Waals surface area contributed by atoms with Gasteiger partial charge in [0, 0.05) is 35.9 Å². The van der Waals surface area contributed by atoms with Crippen LogP contribution >= 0.6 is 11.8 Å². The molecule has 0 spiro atoms. The number of hydrogen-bond donors (Lipinski definition) is 3. The van der Waals surface area contributed by atoms with Crippen molar-refractivity contribution in [2.75, 3.05) is 29.6 Å². The smallest absolute Gasteiger partial charge is 0.378 e. The number of halogens is 3. The summed E-state index contributed by atoms with van der Waals surface area (Å²) in [6.45, 7) is 1.59. The molecule has 4 aromatic rings. The van der Waals surface area contributed by atoms with Gasteiger partial charge in [0.25, 0.3) is 11.8 Å². The SMILES string of the molecule is CC(Sc1ccc(NC(=O)/C(=C/c2ccc(N(C)C)cc2)NC(=O)c2ccccc2)cc1)C(=O)Nc1ccccc1C(F)(F)F. The van der Waals surface area contributed by atoms with Gasteiger partial charge in [0.1, 0.15) is 5.70 Å². The third-order valence-corrected chi connectivity index (χ3v) is 7.65. The fraction of sp³-hybridized carbons (Fsp3) is 0.147. The predicted octanol–water partition coefficient (Wildman–Crippen LogP) is 7.30. The van der Waals surface area contributed by atoms with Crippen LogP contribution in [0.25, 0.3) is 6.08 Å². The Morgan fingerprint density at radius 3 is 2.04 bits per heavy atom. The van der Waals surface area contributed by atoms with Crippen LogP contribution in [0.2, 0.25) is 0 Å². The van der Waals surface area contributed by atoms with Gasteiger partial charge in [-0.25, -0.2) is 0 Å². The minimum Gasteiger partial charge on any atom is -0.378 e. The van der Waals surface area contributed by atoms with Crippen LogP contribution < -0.4 is 20.9 Å². The van der Waals surface area contributed by atoms with Crippen molar-refractivity contribution in [2.45, 2.75) is 23.2 Å². The first-order chi connectivity index (χ1) is 21.4. The van der Waals surface area contributed by atoms with Crippen molar-refractivity contribution in [2.24, 2.45) is 0 Å². The summed E-state index contributed by atoms with van der Waals surface area (Å²) in [5.74, 6) is -1.58. The van der Waals surface area contributed by atoms with E-state index in [2.05, 4.69) is 16.0 Å². The zero-order valence-corrected chi connectivity index (χ0v) is 25.5. The van der Waals surface area contributed by atoms with Crippen LogP contribution in [-0.2, 0) is 15.8 Å². The lowest BCUT2D eigenvalue weighted by Crippen LogP contribution is -2.30. The third kappa shape index (κ3) is 9.23. The van der Waals surface area contributed by atoms with E-state index in [0.717, 1.165) is 23.5 Å². The summed E-state index contributed by atoms with van der Waals surface area (Å²) < 4.78 is 39.9. The summed E-state index contributed by atoms with van der Waals surface area (Å²) in [5.41, 5.74) is 1.30. The molecule has 0 fully saturated rings. The number of carbonyl (C=O) groups is 3. The lowest BCUT2D eigenvalue weighted by Gasteiger charge is -2.16. The summed E-state index contributed by atoms with van der Waals surface area (Å²) in [5, 5.41) is 7.13. The molecule has 232 valence electrons. The number of thioether (sulfide) groups is 1. The highest BCUT2D eigenvalue weighted by atomic mass is 32.2. The minimum absolute atomic E-state index is 0.0318. The molecule has 0 aromatic heterocycles. The Hall–Kier alpha value is -5.03. The number of nitrogens with one attached hydrogen (secondary N) is 3. The summed E-state index contributed by atoms with van der Waals surface area (Å²) >= 11 is 1.15. The van der Waals surface area contributed by atoms with Gasteiger partial charge in [0.05, 0.1) is 16.5 Å². The fourth-order valence-electron chi connectivity index (χ4n) is 4.12. The van der Waals surface area contributed by atoms with Gasteiger partial charge in [-0.3, -0.25) is 14.4 Å². The van der Waals surface area contributed by atoms with E-state index in [9.17, 15) is 27.6 Å². The summed E-state index contributed by atoms with van der Waals surface area (Å²) in [7, 11) is 3.83. The molecule has 0 aliphatic rings. The Morgan fingerprint density at radius 1 is 0.800 bits per heavy atom. The molecular weight excluding hydrogens is 601 g/mol. The van der Waals surface area contributed by atoms with E-state index in [4.69, 9.17) is 0 Å². The third-order valence-electron chi connectivity index (χ3n) is 6.53. The molecule has 0 saturated carbocycles. The molecule has 0 aliphatic carbocycles. The number of benzene rings is 4. The second kappa shape index (κ2) is 14.6. The van der Waals surface area contributed by atoms with Crippen molar-refractivity contribution in [1.82, 2.24) is 5.32 Å². The van der Waals surface area contributed by atoms with Crippen LogP contribution in [0.4, 0.5) is 30.2 Å². The maximum atomic E-state index is 13.3.